The van der Waals surface area contributed by atoms with E-state index in [0.29, 0.717) is 12.6 Å². The first kappa shape index (κ1) is 14.7. The molecule has 19 heavy (non-hydrogen) atoms. The van der Waals surface area contributed by atoms with E-state index in [2.05, 4.69) is 17.2 Å². The van der Waals surface area contributed by atoms with E-state index in [1.807, 2.05) is 30.4 Å². The Morgan fingerprint density at radius 3 is 3.16 bits per heavy atom. The van der Waals surface area contributed by atoms with Gasteiger partial charge >= 0.3 is 6.03 Å². The van der Waals surface area contributed by atoms with Gasteiger partial charge in [-0.1, -0.05) is 6.92 Å². The highest BCUT2D eigenvalue weighted by Crippen LogP contribution is 2.19. The second-order valence-electron chi connectivity index (χ2n) is 5.02. The third-order valence-electron chi connectivity index (χ3n) is 3.26. The number of nitrogens with zero attached hydrogens (tertiary/aromatic N) is 2. The number of hydrogen-bond donors (Lipinski definition) is 1. The first-order chi connectivity index (χ1) is 9.16. The molecule has 1 aromatic rings. The summed E-state index contributed by atoms with van der Waals surface area (Å²) in [4.78, 5) is 18.2. The third-order valence-corrected chi connectivity index (χ3v) is 5.48. The number of thioether (sulfide) groups is 1. The smallest absolute Gasteiger partial charge is 0.317 e. The maximum Gasteiger partial charge on any atom is 0.317 e. The minimum atomic E-state index is 0.0379. The number of carbonyl (C=O) groups is 1. The molecule has 6 heteroatoms. The second kappa shape index (κ2) is 7.14. The van der Waals surface area contributed by atoms with Crippen molar-refractivity contribution in [2.75, 3.05) is 25.1 Å². The average Bonchev–Trinajstić information content (AvgIpc) is 2.93. The predicted molar refractivity (Wildman–Crippen MR) is 82.0 cm³/mol. The molecule has 0 unspecified atom stereocenters. The maximum atomic E-state index is 12.1. The van der Waals surface area contributed by atoms with Crippen LogP contribution in [0, 0.1) is 0 Å². The molecule has 2 rings (SSSR count). The number of aromatic nitrogens is 1. The standard InChI is InChI=1S/C13H21N3OS2/c1-10(12-14-5-7-19-12)8-16(2)13(17)15-11-4-3-6-18-9-11/h5,7,10-11H,3-4,6,8-9H2,1-2H3,(H,15,17)/t10-,11+/m1/s1. The molecule has 1 fully saturated rings. The maximum absolute atomic E-state index is 12.1. The first-order valence-electron chi connectivity index (χ1n) is 6.65. The lowest BCUT2D eigenvalue weighted by Crippen LogP contribution is -2.46. The van der Waals surface area contributed by atoms with Gasteiger partial charge in [-0.2, -0.15) is 11.8 Å². The van der Waals surface area contributed by atoms with Crippen molar-refractivity contribution < 1.29 is 4.79 Å². The van der Waals surface area contributed by atoms with Gasteiger partial charge in [-0.05, 0) is 18.6 Å². The van der Waals surface area contributed by atoms with Crippen LogP contribution in [0.25, 0.3) is 0 Å². The summed E-state index contributed by atoms with van der Waals surface area (Å²) >= 11 is 3.57. The normalized spacial score (nSPS) is 20.8. The number of hydrogen-bond acceptors (Lipinski definition) is 4. The molecular weight excluding hydrogens is 278 g/mol. The summed E-state index contributed by atoms with van der Waals surface area (Å²) in [5.74, 6) is 2.56. The Balaban J connectivity index is 1.78. The Morgan fingerprint density at radius 2 is 2.53 bits per heavy atom. The second-order valence-corrected chi connectivity index (χ2v) is 7.09. The lowest BCUT2D eigenvalue weighted by atomic mass is 10.2. The number of nitrogens with one attached hydrogen (secondary N) is 1. The number of amides is 2. The number of likely N-dealkylation sites (N-methyl/N-ethyl adjacent to an activating group) is 1. The molecule has 1 saturated heterocycles. The van der Waals surface area contributed by atoms with Crippen LogP contribution in [0.1, 0.15) is 30.7 Å². The topological polar surface area (TPSA) is 45.2 Å². The molecule has 2 heterocycles. The highest BCUT2D eigenvalue weighted by atomic mass is 32.2. The number of rotatable bonds is 4. The predicted octanol–water partition coefficient (Wildman–Crippen LogP) is 2.78. The molecule has 1 aliphatic heterocycles. The van der Waals surface area contributed by atoms with E-state index in [4.69, 9.17) is 0 Å². The minimum absolute atomic E-state index is 0.0379. The molecular formula is C13H21N3OS2. The van der Waals surface area contributed by atoms with Crippen LogP contribution in [-0.4, -0.2) is 47.1 Å². The van der Waals surface area contributed by atoms with E-state index < -0.39 is 0 Å². The average molecular weight is 299 g/mol. The van der Waals surface area contributed by atoms with Gasteiger partial charge in [0.15, 0.2) is 0 Å². The summed E-state index contributed by atoms with van der Waals surface area (Å²) < 4.78 is 0. The lowest BCUT2D eigenvalue weighted by molar-refractivity contribution is 0.202. The molecule has 0 saturated carbocycles. The van der Waals surface area contributed by atoms with Crippen LogP contribution in [0.15, 0.2) is 11.6 Å². The Hall–Kier alpha value is -0.750. The van der Waals surface area contributed by atoms with E-state index in [1.165, 1.54) is 12.2 Å². The summed E-state index contributed by atoms with van der Waals surface area (Å²) in [6, 6.07) is 0.375. The van der Waals surface area contributed by atoms with Gasteiger partial charge in [-0.3, -0.25) is 0 Å². The zero-order valence-electron chi connectivity index (χ0n) is 11.5. The molecule has 4 nitrogen and oxygen atoms in total. The van der Waals surface area contributed by atoms with Gasteiger partial charge in [0.05, 0.1) is 5.01 Å². The van der Waals surface area contributed by atoms with Gasteiger partial charge in [0, 0.05) is 42.9 Å². The van der Waals surface area contributed by atoms with Crippen molar-refractivity contribution in [3.8, 4) is 0 Å². The molecule has 106 valence electrons. The molecule has 0 radical (unpaired) electrons. The van der Waals surface area contributed by atoms with Crippen molar-refractivity contribution in [2.45, 2.75) is 31.7 Å². The fourth-order valence-corrected chi connectivity index (χ4v) is 3.95. The van der Waals surface area contributed by atoms with E-state index in [1.54, 1.807) is 16.2 Å². The largest absolute Gasteiger partial charge is 0.334 e. The van der Waals surface area contributed by atoms with Crippen molar-refractivity contribution in [3.05, 3.63) is 16.6 Å². The van der Waals surface area contributed by atoms with E-state index >= 15 is 0 Å². The van der Waals surface area contributed by atoms with Gasteiger partial charge in [0.2, 0.25) is 0 Å². The number of thiazole rings is 1. The molecule has 0 bridgehead atoms. The fourth-order valence-electron chi connectivity index (χ4n) is 2.19. The molecule has 1 aromatic heterocycles. The van der Waals surface area contributed by atoms with Crippen molar-refractivity contribution in [1.29, 1.82) is 0 Å². The van der Waals surface area contributed by atoms with Crippen LogP contribution in [0.3, 0.4) is 0 Å². The molecule has 2 amide bonds. The van der Waals surface area contributed by atoms with Crippen LogP contribution in [0.2, 0.25) is 0 Å². The molecule has 2 atom stereocenters. The summed E-state index contributed by atoms with van der Waals surface area (Å²) in [6.45, 7) is 2.82. The quantitative estimate of drug-likeness (QED) is 0.930. The molecule has 0 aliphatic carbocycles. The minimum Gasteiger partial charge on any atom is -0.334 e. The molecule has 0 spiro atoms. The van der Waals surface area contributed by atoms with Crippen LogP contribution in [-0.2, 0) is 0 Å². The zero-order valence-corrected chi connectivity index (χ0v) is 13.1. The zero-order chi connectivity index (χ0) is 13.7. The van der Waals surface area contributed by atoms with Crippen molar-refractivity contribution >= 4 is 29.1 Å². The van der Waals surface area contributed by atoms with E-state index in [9.17, 15) is 4.79 Å². The summed E-state index contributed by atoms with van der Waals surface area (Å²) in [7, 11) is 1.86. The van der Waals surface area contributed by atoms with Crippen LogP contribution >= 0.6 is 23.1 Å². The summed E-state index contributed by atoms with van der Waals surface area (Å²) in [5, 5.41) is 6.19. The first-order valence-corrected chi connectivity index (χ1v) is 8.69. The molecule has 0 aromatic carbocycles. The summed E-state index contributed by atoms with van der Waals surface area (Å²) in [6.07, 6.45) is 4.12. The van der Waals surface area contributed by atoms with Crippen molar-refractivity contribution in [3.63, 3.8) is 0 Å². The van der Waals surface area contributed by atoms with Crippen molar-refractivity contribution in [1.82, 2.24) is 15.2 Å². The van der Waals surface area contributed by atoms with Crippen LogP contribution in [0.4, 0.5) is 4.79 Å². The van der Waals surface area contributed by atoms with Gasteiger partial charge in [-0.15, -0.1) is 11.3 Å². The van der Waals surface area contributed by atoms with Gasteiger partial charge < -0.3 is 10.2 Å². The van der Waals surface area contributed by atoms with Crippen LogP contribution < -0.4 is 5.32 Å². The Kier molecular flexibility index (Phi) is 5.51. The highest BCUT2D eigenvalue weighted by Gasteiger charge is 2.20. The van der Waals surface area contributed by atoms with Gasteiger partial charge in [-0.25, -0.2) is 9.78 Å². The van der Waals surface area contributed by atoms with Gasteiger partial charge in [0.1, 0.15) is 0 Å². The van der Waals surface area contributed by atoms with Crippen molar-refractivity contribution in [2.24, 2.45) is 0 Å². The monoisotopic (exact) mass is 299 g/mol. The lowest BCUT2D eigenvalue weighted by Gasteiger charge is -2.27. The van der Waals surface area contributed by atoms with E-state index in [0.717, 1.165) is 17.2 Å². The third kappa shape index (κ3) is 4.38. The SMILES string of the molecule is C[C@H](CN(C)C(=O)N[C@H]1CCCSC1)c1nccs1. The Bertz CT molecular complexity index is 391. The van der Waals surface area contributed by atoms with E-state index in [-0.39, 0.29) is 11.9 Å². The fraction of sp³-hybridized carbons (Fsp3) is 0.692. The van der Waals surface area contributed by atoms with Gasteiger partial charge in [0.25, 0.3) is 0 Å². The van der Waals surface area contributed by atoms with Crippen LogP contribution in [0.5, 0.6) is 0 Å². The summed E-state index contributed by atoms with van der Waals surface area (Å²) in [5.41, 5.74) is 0. The number of carbonyl (C=O) groups excluding carboxylic acids is 1. The highest BCUT2D eigenvalue weighted by molar-refractivity contribution is 7.99. The Morgan fingerprint density at radius 1 is 1.68 bits per heavy atom. The molecule has 1 aliphatic rings. The number of urea groups is 1. The Labute approximate surface area is 123 Å². The molecule has 1 N–H and O–H groups in total.